The molecule has 2 heterocycles. The van der Waals surface area contributed by atoms with Crippen LogP contribution in [-0.2, 0) is 9.53 Å². The van der Waals surface area contributed by atoms with Gasteiger partial charge in [-0.1, -0.05) is 18.2 Å². The summed E-state index contributed by atoms with van der Waals surface area (Å²) in [4.78, 5) is 20.9. The number of hydrogen-bond acceptors (Lipinski definition) is 4. The Bertz CT molecular complexity index is 743. The van der Waals surface area contributed by atoms with Gasteiger partial charge in [0.05, 0.1) is 24.9 Å². The Kier molecular flexibility index (Phi) is 4.36. The number of nitrogens with one attached hydrogen (secondary N) is 1. The molecule has 1 aliphatic rings. The second kappa shape index (κ2) is 6.44. The lowest BCUT2D eigenvalue weighted by atomic mass is 10.0. The van der Waals surface area contributed by atoms with E-state index in [1.807, 2.05) is 18.2 Å². The monoisotopic (exact) mass is 332 g/mol. The van der Waals surface area contributed by atoms with Gasteiger partial charge < -0.3 is 20.4 Å². The van der Waals surface area contributed by atoms with Gasteiger partial charge in [-0.3, -0.25) is 4.79 Å². The minimum Gasteiger partial charge on any atom is -0.377 e. The lowest BCUT2D eigenvalue weighted by molar-refractivity contribution is -0.134. The number of aromatic nitrogens is 2. The second-order valence-electron chi connectivity index (χ2n) is 5.27. The molecule has 1 aromatic carbocycles. The molecule has 7 heteroatoms. The molecule has 0 aliphatic carbocycles. The van der Waals surface area contributed by atoms with Crippen molar-refractivity contribution in [3.05, 3.63) is 47.6 Å². The van der Waals surface area contributed by atoms with E-state index in [-0.39, 0.29) is 11.9 Å². The molecule has 3 rings (SSSR count). The Morgan fingerprint density at radius 3 is 3.04 bits per heavy atom. The van der Waals surface area contributed by atoms with Crippen molar-refractivity contribution >= 4 is 23.5 Å². The molecular weight excluding hydrogens is 316 g/mol. The first-order chi connectivity index (χ1) is 11.1. The second-order valence-corrected chi connectivity index (χ2v) is 5.71. The molecule has 1 amide bonds. The molecule has 0 radical (unpaired) electrons. The highest BCUT2D eigenvalue weighted by molar-refractivity contribution is 6.31. The number of nitrogens with zero attached hydrogens (tertiary/aromatic N) is 2. The van der Waals surface area contributed by atoms with Crippen LogP contribution < -0.4 is 5.73 Å². The van der Waals surface area contributed by atoms with Crippen molar-refractivity contribution in [2.45, 2.75) is 6.04 Å². The van der Waals surface area contributed by atoms with E-state index in [1.54, 1.807) is 11.1 Å². The molecule has 23 heavy (non-hydrogen) atoms. The average molecular weight is 333 g/mol. The zero-order chi connectivity index (χ0) is 16.4. The summed E-state index contributed by atoms with van der Waals surface area (Å²) in [5.41, 5.74) is 8.05. The predicted octanol–water partition coefficient (Wildman–Crippen LogP) is 2.40. The van der Waals surface area contributed by atoms with Crippen LogP contribution in [0.1, 0.15) is 11.6 Å². The number of H-pyrrole nitrogens is 1. The van der Waals surface area contributed by atoms with Crippen LogP contribution >= 0.6 is 11.6 Å². The summed E-state index contributed by atoms with van der Waals surface area (Å²) in [5, 5.41) is 0.565. The van der Waals surface area contributed by atoms with Crippen molar-refractivity contribution in [3.8, 4) is 11.3 Å². The Morgan fingerprint density at radius 2 is 2.35 bits per heavy atom. The lowest BCUT2D eigenvalue weighted by Gasteiger charge is -2.35. The normalized spacial score (nSPS) is 18.0. The average Bonchev–Trinajstić information content (AvgIpc) is 3.00. The first-order valence-electron chi connectivity index (χ1n) is 7.21. The summed E-state index contributed by atoms with van der Waals surface area (Å²) in [5.74, 6) is 0.217. The highest BCUT2D eigenvalue weighted by Crippen LogP contribution is 2.31. The van der Waals surface area contributed by atoms with Crippen LogP contribution in [0.2, 0.25) is 5.02 Å². The fourth-order valence-electron chi connectivity index (χ4n) is 2.70. The molecule has 120 valence electrons. The number of carbonyl (C=O) groups excluding carboxylic acids is 1. The van der Waals surface area contributed by atoms with Crippen molar-refractivity contribution < 1.29 is 9.53 Å². The first kappa shape index (κ1) is 15.6. The van der Waals surface area contributed by atoms with Crippen molar-refractivity contribution in [1.29, 1.82) is 0 Å². The number of benzene rings is 1. The third-order valence-electron chi connectivity index (χ3n) is 3.78. The van der Waals surface area contributed by atoms with Crippen molar-refractivity contribution in [1.82, 2.24) is 14.9 Å². The van der Waals surface area contributed by atoms with Crippen LogP contribution in [0, 0.1) is 0 Å². The van der Waals surface area contributed by atoms with Crippen LogP contribution in [-0.4, -0.2) is 40.5 Å². The highest BCUT2D eigenvalue weighted by atomic mass is 35.5. The molecule has 0 saturated carbocycles. The molecule has 1 aromatic heterocycles. The van der Waals surface area contributed by atoms with Gasteiger partial charge in [-0.25, -0.2) is 4.98 Å². The number of carbonyl (C=O) groups is 1. The van der Waals surface area contributed by atoms with Gasteiger partial charge >= 0.3 is 0 Å². The number of nitrogen functional groups attached to an aromatic ring is 1. The molecule has 1 saturated heterocycles. The van der Waals surface area contributed by atoms with Gasteiger partial charge in [0.1, 0.15) is 0 Å². The van der Waals surface area contributed by atoms with Gasteiger partial charge in [0.25, 0.3) is 0 Å². The molecule has 1 aliphatic heterocycles. The van der Waals surface area contributed by atoms with Crippen LogP contribution in [0.15, 0.2) is 37.1 Å². The number of aromatic amines is 1. The van der Waals surface area contributed by atoms with Crippen molar-refractivity contribution in [2.24, 2.45) is 0 Å². The Balaban J connectivity index is 1.99. The zero-order valence-electron chi connectivity index (χ0n) is 12.5. The maximum atomic E-state index is 12.1. The summed E-state index contributed by atoms with van der Waals surface area (Å²) >= 11 is 6.25. The summed E-state index contributed by atoms with van der Waals surface area (Å²) < 4.78 is 5.54. The summed E-state index contributed by atoms with van der Waals surface area (Å²) in [7, 11) is 0. The number of morpholine rings is 1. The number of nitrogens with two attached hydrogens (primary N) is 1. The van der Waals surface area contributed by atoms with Crippen LogP contribution in [0.5, 0.6) is 0 Å². The van der Waals surface area contributed by atoms with Crippen LogP contribution in [0.25, 0.3) is 11.3 Å². The molecule has 2 aromatic rings. The Hall–Kier alpha value is -2.31. The Labute approximate surface area is 138 Å². The quantitative estimate of drug-likeness (QED) is 0.845. The fraction of sp³-hybridized carbons (Fsp3) is 0.250. The molecular formula is C16H17ClN4O2. The van der Waals surface area contributed by atoms with E-state index in [2.05, 4.69) is 16.5 Å². The summed E-state index contributed by atoms with van der Waals surface area (Å²) in [6.07, 6.45) is 3.03. The lowest BCUT2D eigenvalue weighted by Crippen LogP contribution is -2.42. The number of anilines is 1. The molecule has 0 spiro atoms. The van der Waals surface area contributed by atoms with E-state index in [4.69, 9.17) is 22.1 Å². The third-order valence-corrected chi connectivity index (χ3v) is 4.00. The predicted molar refractivity (Wildman–Crippen MR) is 88.9 cm³/mol. The number of hydrogen-bond donors (Lipinski definition) is 2. The van der Waals surface area contributed by atoms with Gasteiger partial charge in [-0.2, -0.15) is 0 Å². The maximum Gasteiger partial charge on any atom is 0.246 e. The number of rotatable bonds is 3. The molecule has 0 unspecified atom stereocenters. The van der Waals surface area contributed by atoms with Crippen molar-refractivity contribution in [3.63, 3.8) is 0 Å². The maximum absolute atomic E-state index is 12.1. The standard InChI is InChI=1S/C16H17ClN4O2/c1-2-15(22)21-3-4-23-9-14(21)11-5-10(6-12(17)7-11)13-8-19-16(18)20-13/h2,5-8,14H,1,3-4,9H2,(H3,18,19,20)/t14-/m0/s1. The molecule has 0 bridgehead atoms. The molecule has 1 fully saturated rings. The SMILES string of the molecule is C=CC(=O)N1CCOC[C@H]1c1cc(Cl)cc(-c2c[nH]c(N)n2)c1. The highest BCUT2D eigenvalue weighted by Gasteiger charge is 2.28. The van der Waals surface area contributed by atoms with E-state index >= 15 is 0 Å². The fourth-order valence-corrected chi connectivity index (χ4v) is 2.94. The van der Waals surface area contributed by atoms with E-state index in [1.165, 1.54) is 6.08 Å². The van der Waals surface area contributed by atoms with Crippen LogP contribution in [0.3, 0.4) is 0 Å². The van der Waals surface area contributed by atoms with E-state index in [0.717, 1.165) is 11.1 Å². The first-order valence-corrected chi connectivity index (χ1v) is 7.59. The van der Waals surface area contributed by atoms with Gasteiger partial charge in [-0.05, 0) is 29.8 Å². The van der Waals surface area contributed by atoms with Gasteiger partial charge in [0, 0.05) is 23.3 Å². The largest absolute Gasteiger partial charge is 0.377 e. The van der Waals surface area contributed by atoms with Gasteiger partial charge in [-0.15, -0.1) is 0 Å². The summed E-state index contributed by atoms with van der Waals surface area (Å²) in [6, 6.07) is 5.39. The molecule has 1 atom stereocenters. The van der Waals surface area contributed by atoms with Crippen LogP contribution in [0.4, 0.5) is 5.95 Å². The minimum absolute atomic E-state index is 0.121. The summed E-state index contributed by atoms with van der Waals surface area (Å²) in [6.45, 7) is 5.02. The number of amides is 1. The topological polar surface area (TPSA) is 84.2 Å². The van der Waals surface area contributed by atoms with E-state index in [9.17, 15) is 4.79 Å². The van der Waals surface area contributed by atoms with E-state index in [0.29, 0.717) is 36.4 Å². The zero-order valence-corrected chi connectivity index (χ0v) is 13.2. The minimum atomic E-state index is -0.206. The number of imidazole rings is 1. The molecule has 6 nitrogen and oxygen atoms in total. The molecule has 3 N–H and O–H groups in total. The number of halogens is 1. The van der Waals surface area contributed by atoms with E-state index < -0.39 is 0 Å². The number of ether oxygens (including phenoxy) is 1. The smallest absolute Gasteiger partial charge is 0.246 e. The Morgan fingerprint density at radius 1 is 1.52 bits per heavy atom. The van der Waals surface area contributed by atoms with Gasteiger partial charge in [0.15, 0.2) is 5.95 Å². The van der Waals surface area contributed by atoms with Crippen molar-refractivity contribution in [2.75, 3.05) is 25.5 Å². The van der Waals surface area contributed by atoms with Gasteiger partial charge in [0.2, 0.25) is 5.91 Å². The third kappa shape index (κ3) is 3.23.